The summed E-state index contributed by atoms with van der Waals surface area (Å²) in [5.74, 6) is -0.908. The SMILES string of the molecule is COC(=O)c1cc(B2OC(C)(C)C(C)(C)O2)cc(COCC(=O)OC(C)(C)C)c1C. The molecule has 1 saturated heterocycles. The van der Waals surface area contributed by atoms with Gasteiger partial charge in [0.25, 0.3) is 0 Å². The zero-order valence-electron chi connectivity index (χ0n) is 19.5. The number of benzene rings is 1. The molecule has 0 bridgehead atoms. The highest BCUT2D eigenvalue weighted by molar-refractivity contribution is 6.62. The van der Waals surface area contributed by atoms with Crippen LogP contribution in [0.15, 0.2) is 12.1 Å². The molecule has 0 radical (unpaired) electrons. The first kappa shape index (κ1) is 24.4. The molecule has 0 aromatic heterocycles. The summed E-state index contributed by atoms with van der Waals surface area (Å²) >= 11 is 0. The quantitative estimate of drug-likeness (QED) is 0.517. The van der Waals surface area contributed by atoms with Crippen LogP contribution in [-0.2, 0) is 34.9 Å². The number of methoxy groups -OCH3 is 1. The van der Waals surface area contributed by atoms with Gasteiger partial charge in [-0.2, -0.15) is 0 Å². The van der Waals surface area contributed by atoms with E-state index in [0.717, 1.165) is 5.56 Å². The maximum Gasteiger partial charge on any atom is 0.494 e. The minimum Gasteiger partial charge on any atom is -0.465 e. The Morgan fingerprint density at radius 1 is 1.07 bits per heavy atom. The van der Waals surface area contributed by atoms with Crippen molar-refractivity contribution in [3.63, 3.8) is 0 Å². The van der Waals surface area contributed by atoms with E-state index in [1.165, 1.54) is 7.11 Å². The molecular weight excluding hydrogens is 387 g/mol. The maximum absolute atomic E-state index is 12.3. The predicted octanol–water partition coefficient (Wildman–Crippen LogP) is 2.94. The van der Waals surface area contributed by atoms with Crippen molar-refractivity contribution >= 4 is 24.5 Å². The summed E-state index contributed by atoms with van der Waals surface area (Å²) < 4.78 is 28.0. The van der Waals surface area contributed by atoms with E-state index >= 15 is 0 Å². The Morgan fingerprint density at radius 3 is 2.13 bits per heavy atom. The normalized spacial score (nSPS) is 17.7. The van der Waals surface area contributed by atoms with Gasteiger partial charge in [-0.1, -0.05) is 6.07 Å². The standard InChI is InChI=1S/C22H33BO7/c1-14-15(12-27-13-18(24)28-20(2,3)4)10-16(11-17(14)19(25)26-9)23-29-21(5,6)22(7,8)30-23/h10-11H,12-13H2,1-9H3. The number of carbonyl (C=O) groups is 2. The monoisotopic (exact) mass is 420 g/mol. The largest absolute Gasteiger partial charge is 0.494 e. The van der Waals surface area contributed by atoms with Crippen LogP contribution in [0.1, 0.15) is 70.0 Å². The van der Waals surface area contributed by atoms with Crippen molar-refractivity contribution in [3.8, 4) is 0 Å². The Hall–Kier alpha value is -1.90. The van der Waals surface area contributed by atoms with Crippen LogP contribution in [0.3, 0.4) is 0 Å². The molecule has 0 unspecified atom stereocenters. The zero-order valence-corrected chi connectivity index (χ0v) is 19.5. The molecular formula is C22H33BO7. The second-order valence-corrected chi connectivity index (χ2v) is 9.51. The highest BCUT2D eigenvalue weighted by Gasteiger charge is 2.51. The van der Waals surface area contributed by atoms with E-state index in [9.17, 15) is 9.59 Å². The average molecular weight is 420 g/mol. The van der Waals surface area contributed by atoms with Crippen LogP contribution in [0.4, 0.5) is 0 Å². The summed E-state index contributed by atoms with van der Waals surface area (Å²) in [6, 6.07) is 3.60. The molecule has 2 rings (SSSR count). The molecule has 0 atom stereocenters. The van der Waals surface area contributed by atoms with E-state index in [2.05, 4.69) is 0 Å². The molecule has 7 nitrogen and oxygen atoms in total. The van der Waals surface area contributed by atoms with Gasteiger partial charge in [0.1, 0.15) is 12.2 Å². The maximum atomic E-state index is 12.3. The molecule has 8 heteroatoms. The molecule has 30 heavy (non-hydrogen) atoms. The third-order valence-electron chi connectivity index (χ3n) is 5.37. The van der Waals surface area contributed by atoms with E-state index in [4.69, 9.17) is 23.5 Å². The lowest BCUT2D eigenvalue weighted by molar-refractivity contribution is -0.160. The van der Waals surface area contributed by atoms with Gasteiger partial charge in [0.2, 0.25) is 0 Å². The fourth-order valence-electron chi connectivity index (χ4n) is 3.00. The van der Waals surface area contributed by atoms with E-state index in [1.807, 2.05) is 40.7 Å². The molecule has 0 aliphatic carbocycles. The molecule has 1 aliphatic rings. The second kappa shape index (κ2) is 8.69. The van der Waals surface area contributed by atoms with Gasteiger partial charge in [-0.25, -0.2) is 9.59 Å². The molecule has 1 aromatic carbocycles. The average Bonchev–Trinajstić information content (AvgIpc) is 2.81. The third kappa shape index (κ3) is 5.62. The highest BCUT2D eigenvalue weighted by Crippen LogP contribution is 2.36. The molecule has 0 amide bonds. The van der Waals surface area contributed by atoms with E-state index in [0.29, 0.717) is 16.6 Å². The second-order valence-electron chi connectivity index (χ2n) is 9.51. The molecule has 1 heterocycles. The van der Waals surface area contributed by atoms with Crippen LogP contribution in [0.25, 0.3) is 0 Å². The summed E-state index contributed by atoms with van der Waals surface area (Å²) in [5.41, 5.74) is 0.946. The van der Waals surface area contributed by atoms with Crippen molar-refractivity contribution in [1.82, 2.24) is 0 Å². The van der Waals surface area contributed by atoms with Crippen LogP contribution < -0.4 is 5.46 Å². The molecule has 1 aromatic rings. The zero-order chi connectivity index (χ0) is 22.9. The molecule has 0 saturated carbocycles. The van der Waals surface area contributed by atoms with Gasteiger partial charge < -0.3 is 23.5 Å². The van der Waals surface area contributed by atoms with Crippen LogP contribution in [0.5, 0.6) is 0 Å². The molecule has 1 fully saturated rings. The van der Waals surface area contributed by atoms with Crippen LogP contribution in [0, 0.1) is 6.92 Å². The number of carbonyl (C=O) groups excluding carboxylic acids is 2. The number of hydrogen-bond acceptors (Lipinski definition) is 7. The summed E-state index contributed by atoms with van der Waals surface area (Å²) in [6.45, 7) is 15.0. The van der Waals surface area contributed by atoms with Gasteiger partial charge in [0, 0.05) is 0 Å². The van der Waals surface area contributed by atoms with E-state index in [1.54, 1.807) is 26.8 Å². The van der Waals surface area contributed by atoms with Crippen LogP contribution in [0.2, 0.25) is 0 Å². The van der Waals surface area contributed by atoms with Crippen molar-refractivity contribution in [2.75, 3.05) is 13.7 Å². The predicted molar refractivity (Wildman–Crippen MR) is 114 cm³/mol. The number of rotatable bonds is 6. The van der Waals surface area contributed by atoms with Gasteiger partial charge in [-0.05, 0) is 78.0 Å². The Kier molecular flexibility index (Phi) is 7.06. The Labute approximate surface area is 179 Å². The summed E-state index contributed by atoms with van der Waals surface area (Å²) in [6.07, 6.45) is 0. The smallest absolute Gasteiger partial charge is 0.465 e. The first-order valence-corrected chi connectivity index (χ1v) is 10.0. The molecule has 0 spiro atoms. The van der Waals surface area contributed by atoms with E-state index in [-0.39, 0.29) is 13.2 Å². The lowest BCUT2D eigenvalue weighted by Crippen LogP contribution is -2.41. The van der Waals surface area contributed by atoms with Crippen molar-refractivity contribution < 1.29 is 33.1 Å². The topological polar surface area (TPSA) is 80.3 Å². The van der Waals surface area contributed by atoms with Gasteiger partial charge in [-0.15, -0.1) is 0 Å². The van der Waals surface area contributed by atoms with Gasteiger partial charge >= 0.3 is 19.1 Å². The third-order valence-corrected chi connectivity index (χ3v) is 5.37. The van der Waals surface area contributed by atoms with Crippen molar-refractivity contribution in [1.29, 1.82) is 0 Å². The highest BCUT2D eigenvalue weighted by atomic mass is 16.7. The Balaban J connectivity index is 2.26. The van der Waals surface area contributed by atoms with Crippen LogP contribution in [-0.4, -0.2) is 49.6 Å². The Morgan fingerprint density at radius 2 is 1.63 bits per heavy atom. The lowest BCUT2D eigenvalue weighted by Gasteiger charge is -2.32. The minimum atomic E-state index is -0.636. The summed E-state index contributed by atoms with van der Waals surface area (Å²) in [5, 5.41) is 0. The lowest BCUT2D eigenvalue weighted by atomic mass is 9.76. The van der Waals surface area contributed by atoms with Crippen LogP contribution >= 0.6 is 0 Å². The minimum absolute atomic E-state index is 0.127. The van der Waals surface area contributed by atoms with Crippen molar-refractivity contribution in [2.45, 2.75) is 78.8 Å². The molecule has 0 N–H and O–H groups in total. The fraction of sp³-hybridized carbons (Fsp3) is 0.636. The first-order chi connectivity index (χ1) is 13.7. The van der Waals surface area contributed by atoms with Gasteiger partial charge in [0.05, 0.1) is 30.5 Å². The number of hydrogen-bond donors (Lipinski definition) is 0. The van der Waals surface area contributed by atoms with Gasteiger partial charge in [-0.3, -0.25) is 0 Å². The van der Waals surface area contributed by atoms with Crippen molar-refractivity contribution in [2.24, 2.45) is 0 Å². The van der Waals surface area contributed by atoms with Crippen molar-refractivity contribution in [3.05, 3.63) is 28.8 Å². The first-order valence-electron chi connectivity index (χ1n) is 10.0. The molecule has 1 aliphatic heterocycles. The number of esters is 2. The molecule has 166 valence electrons. The van der Waals surface area contributed by atoms with E-state index < -0.39 is 35.9 Å². The summed E-state index contributed by atoms with van der Waals surface area (Å²) in [4.78, 5) is 24.2. The summed E-state index contributed by atoms with van der Waals surface area (Å²) in [7, 11) is 0.700. The fourth-order valence-corrected chi connectivity index (χ4v) is 3.00. The number of ether oxygens (including phenoxy) is 3. The van der Waals surface area contributed by atoms with Gasteiger partial charge in [0.15, 0.2) is 0 Å². The Bertz CT molecular complexity index is 792.